The lowest BCUT2D eigenvalue weighted by atomic mass is 9.95. The van der Waals surface area contributed by atoms with Gasteiger partial charge in [-0.05, 0) is 19.4 Å². The summed E-state index contributed by atoms with van der Waals surface area (Å²) in [4.78, 5) is 16.0. The van der Waals surface area contributed by atoms with E-state index in [1.807, 2.05) is 6.92 Å². The van der Waals surface area contributed by atoms with E-state index in [-0.39, 0.29) is 5.97 Å². The molecule has 1 rings (SSSR count). The van der Waals surface area contributed by atoms with Crippen LogP contribution in [-0.4, -0.2) is 17.4 Å². The zero-order valence-electron chi connectivity index (χ0n) is 11.7. The second-order valence-corrected chi connectivity index (χ2v) is 5.19. The highest BCUT2D eigenvalue weighted by atomic mass is 16.6. The molecule has 102 valence electrons. The van der Waals surface area contributed by atoms with E-state index in [0.29, 0.717) is 5.90 Å². The largest absolute Gasteiger partial charge is 0.406 e. The summed E-state index contributed by atoms with van der Waals surface area (Å²) in [7, 11) is 0. The molecule has 0 amide bonds. The van der Waals surface area contributed by atoms with Crippen molar-refractivity contribution in [3.05, 3.63) is 12.7 Å². The molecule has 1 aliphatic heterocycles. The normalized spacial score (nSPS) is 22.8. The number of carbonyl (C=O) groups is 1. The molecule has 1 atom stereocenters. The third kappa shape index (κ3) is 4.28. The average Bonchev–Trinajstić information content (AvgIpc) is 2.64. The van der Waals surface area contributed by atoms with Gasteiger partial charge < -0.3 is 4.74 Å². The van der Waals surface area contributed by atoms with Crippen molar-refractivity contribution in [2.24, 2.45) is 4.99 Å². The Balaban J connectivity index is 2.20. The fourth-order valence-electron chi connectivity index (χ4n) is 2.19. The molecule has 0 aliphatic carbocycles. The van der Waals surface area contributed by atoms with E-state index >= 15 is 0 Å². The van der Waals surface area contributed by atoms with E-state index in [4.69, 9.17) is 4.74 Å². The maximum Gasteiger partial charge on any atom is 0.340 e. The van der Waals surface area contributed by atoms with Crippen molar-refractivity contribution in [1.29, 1.82) is 0 Å². The van der Waals surface area contributed by atoms with E-state index in [2.05, 4.69) is 18.5 Å². The molecule has 1 aliphatic rings. The van der Waals surface area contributed by atoms with Crippen LogP contribution < -0.4 is 0 Å². The van der Waals surface area contributed by atoms with Crippen molar-refractivity contribution in [3.63, 3.8) is 0 Å². The number of unbranched alkanes of at least 4 members (excludes halogenated alkanes) is 6. The van der Waals surface area contributed by atoms with E-state index in [9.17, 15) is 4.79 Å². The second-order valence-electron chi connectivity index (χ2n) is 5.19. The van der Waals surface area contributed by atoms with Crippen LogP contribution in [0.1, 0.15) is 65.2 Å². The number of rotatable bonds is 9. The summed E-state index contributed by atoms with van der Waals surface area (Å²) in [5.41, 5.74) is -0.674. The van der Waals surface area contributed by atoms with Crippen LogP contribution in [0.4, 0.5) is 0 Å². The fraction of sp³-hybridized carbons (Fsp3) is 0.733. The van der Waals surface area contributed by atoms with Gasteiger partial charge in [0.05, 0.1) is 0 Å². The van der Waals surface area contributed by atoms with Gasteiger partial charge in [-0.15, -0.1) is 0 Å². The molecule has 0 saturated carbocycles. The molecular formula is C15H25NO2. The zero-order valence-corrected chi connectivity index (χ0v) is 11.7. The Kier molecular flexibility index (Phi) is 6.10. The van der Waals surface area contributed by atoms with Crippen LogP contribution >= 0.6 is 0 Å². The highest BCUT2D eigenvalue weighted by molar-refractivity contribution is 6.04. The van der Waals surface area contributed by atoms with E-state index < -0.39 is 5.54 Å². The van der Waals surface area contributed by atoms with Gasteiger partial charge in [0.15, 0.2) is 5.54 Å². The third-order valence-corrected chi connectivity index (χ3v) is 3.44. The molecular weight excluding hydrogens is 226 g/mol. The summed E-state index contributed by atoms with van der Waals surface area (Å²) in [5.74, 6) is 0.133. The van der Waals surface area contributed by atoms with Crippen LogP contribution in [0.3, 0.4) is 0 Å². The standard InChI is InChI=1S/C15H25NO2/c1-4-6-7-8-9-10-11-12-15(3)14(17)18-13(5-2)16-15/h5H,2,4,6-12H2,1,3H3. The number of hydrogen-bond donors (Lipinski definition) is 0. The molecule has 3 nitrogen and oxygen atoms in total. The Morgan fingerprint density at radius 1 is 1.22 bits per heavy atom. The lowest BCUT2D eigenvalue weighted by molar-refractivity contribution is -0.138. The first kappa shape index (κ1) is 14.9. The number of aliphatic imine (C=N–C) groups is 1. The predicted molar refractivity (Wildman–Crippen MR) is 74.7 cm³/mol. The molecule has 0 saturated heterocycles. The topological polar surface area (TPSA) is 38.7 Å². The molecule has 0 N–H and O–H groups in total. The molecule has 0 aromatic carbocycles. The summed E-state index contributed by atoms with van der Waals surface area (Å²) < 4.78 is 5.03. The molecule has 0 radical (unpaired) electrons. The van der Waals surface area contributed by atoms with Gasteiger partial charge in [-0.1, -0.05) is 58.4 Å². The summed E-state index contributed by atoms with van der Waals surface area (Å²) in [6.07, 6.45) is 11.0. The van der Waals surface area contributed by atoms with Gasteiger partial charge in [0.2, 0.25) is 5.90 Å². The number of carbonyl (C=O) groups excluding carboxylic acids is 1. The number of nitrogens with zero attached hydrogens (tertiary/aromatic N) is 1. The molecule has 0 aromatic rings. The maximum atomic E-state index is 11.7. The molecule has 0 bridgehead atoms. The van der Waals surface area contributed by atoms with Crippen molar-refractivity contribution >= 4 is 11.9 Å². The minimum absolute atomic E-state index is 0.233. The first-order valence-electron chi connectivity index (χ1n) is 7.07. The highest BCUT2D eigenvalue weighted by Gasteiger charge is 2.40. The van der Waals surface area contributed by atoms with Gasteiger partial charge in [-0.25, -0.2) is 9.79 Å². The summed E-state index contributed by atoms with van der Waals surface area (Å²) >= 11 is 0. The van der Waals surface area contributed by atoms with Crippen LogP contribution in [0.5, 0.6) is 0 Å². The van der Waals surface area contributed by atoms with E-state index in [1.165, 1.54) is 44.6 Å². The molecule has 0 aromatic heterocycles. The minimum Gasteiger partial charge on any atom is -0.406 e. The van der Waals surface area contributed by atoms with Crippen molar-refractivity contribution in [3.8, 4) is 0 Å². The highest BCUT2D eigenvalue weighted by Crippen LogP contribution is 2.26. The average molecular weight is 251 g/mol. The van der Waals surface area contributed by atoms with Gasteiger partial charge in [0.25, 0.3) is 0 Å². The summed E-state index contributed by atoms with van der Waals surface area (Å²) in [6.45, 7) is 7.65. The number of esters is 1. The first-order valence-corrected chi connectivity index (χ1v) is 7.07. The maximum absolute atomic E-state index is 11.7. The molecule has 1 heterocycles. The zero-order chi connectivity index (χ0) is 13.4. The van der Waals surface area contributed by atoms with Crippen molar-refractivity contribution in [2.45, 2.75) is 70.8 Å². The van der Waals surface area contributed by atoms with Gasteiger partial charge in [-0.3, -0.25) is 0 Å². The van der Waals surface area contributed by atoms with Crippen molar-refractivity contribution in [2.75, 3.05) is 0 Å². The Morgan fingerprint density at radius 2 is 1.83 bits per heavy atom. The molecule has 0 spiro atoms. The Hall–Kier alpha value is -1.12. The van der Waals surface area contributed by atoms with Gasteiger partial charge in [-0.2, -0.15) is 0 Å². The van der Waals surface area contributed by atoms with Gasteiger partial charge in [0.1, 0.15) is 0 Å². The smallest absolute Gasteiger partial charge is 0.340 e. The van der Waals surface area contributed by atoms with Crippen molar-refractivity contribution in [1.82, 2.24) is 0 Å². The summed E-state index contributed by atoms with van der Waals surface area (Å²) in [6, 6.07) is 0. The Morgan fingerprint density at radius 3 is 2.39 bits per heavy atom. The van der Waals surface area contributed by atoms with Crippen LogP contribution in [0.15, 0.2) is 17.6 Å². The SMILES string of the molecule is C=CC1=NC(C)(CCCCCCCCC)C(=O)O1. The molecule has 0 fully saturated rings. The minimum atomic E-state index is -0.674. The molecule has 18 heavy (non-hydrogen) atoms. The van der Waals surface area contributed by atoms with E-state index in [1.54, 1.807) is 0 Å². The van der Waals surface area contributed by atoms with E-state index in [0.717, 1.165) is 12.8 Å². The van der Waals surface area contributed by atoms with Crippen LogP contribution in [0.2, 0.25) is 0 Å². The van der Waals surface area contributed by atoms with Crippen LogP contribution in [0.25, 0.3) is 0 Å². The molecule has 1 unspecified atom stereocenters. The lowest BCUT2D eigenvalue weighted by Crippen LogP contribution is -2.29. The van der Waals surface area contributed by atoms with Crippen molar-refractivity contribution < 1.29 is 9.53 Å². The second kappa shape index (κ2) is 7.34. The lowest BCUT2D eigenvalue weighted by Gasteiger charge is -2.15. The number of ether oxygens (including phenoxy) is 1. The van der Waals surface area contributed by atoms with Crippen LogP contribution in [0, 0.1) is 0 Å². The quantitative estimate of drug-likeness (QED) is 0.458. The fourth-order valence-corrected chi connectivity index (χ4v) is 2.19. The van der Waals surface area contributed by atoms with Gasteiger partial charge in [0, 0.05) is 0 Å². The number of hydrogen-bond acceptors (Lipinski definition) is 3. The molecule has 3 heteroatoms. The Labute approximate surface area is 110 Å². The predicted octanol–water partition coefficient (Wildman–Crippen LogP) is 4.03. The van der Waals surface area contributed by atoms with Gasteiger partial charge >= 0.3 is 5.97 Å². The Bertz CT molecular complexity index is 322. The number of cyclic esters (lactones) is 1. The monoisotopic (exact) mass is 251 g/mol. The summed E-state index contributed by atoms with van der Waals surface area (Å²) in [5, 5.41) is 0. The first-order chi connectivity index (χ1) is 8.62. The third-order valence-electron chi connectivity index (χ3n) is 3.44. The van der Waals surface area contributed by atoms with Crippen LogP contribution in [-0.2, 0) is 9.53 Å².